The Labute approximate surface area is 124 Å². The Hall–Kier alpha value is -2.50. The van der Waals surface area contributed by atoms with Crippen LogP contribution in [0.5, 0.6) is 0 Å². The van der Waals surface area contributed by atoms with Crippen molar-refractivity contribution in [2.75, 3.05) is 23.3 Å². The standard InChI is InChI=1S/C15H19N5O/c1-3-7-17-14-11-18-13(10-19-14)15(21)20(4-2)12-5-8-16-9-6-12/h5-6,8-11H,3-4,7H2,1-2H3,(H,17,19). The minimum Gasteiger partial charge on any atom is -0.369 e. The van der Waals surface area contributed by atoms with Crippen molar-refractivity contribution < 1.29 is 4.79 Å². The molecule has 0 saturated carbocycles. The zero-order valence-electron chi connectivity index (χ0n) is 12.3. The summed E-state index contributed by atoms with van der Waals surface area (Å²) in [6.07, 6.45) is 7.42. The highest BCUT2D eigenvalue weighted by molar-refractivity contribution is 6.04. The number of anilines is 2. The summed E-state index contributed by atoms with van der Waals surface area (Å²) in [5.74, 6) is 0.513. The molecule has 110 valence electrons. The first kappa shape index (κ1) is 14.9. The van der Waals surface area contributed by atoms with Gasteiger partial charge in [-0.05, 0) is 25.5 Å². The van der Waals surface area contributed by atoms with Gasteiger partial charge in [-0.2, -0.15) is 0 Å². The minimum absolute atomic E-state index is 0.168. The molecule has 1 N–H and O–H groups in total. The molecule has 0 aliphatic carbocycles. The Balaban J connectivity index is 2.14. The van der Waals surface area contributed by atoms with Gasteiger partial charge in [-0.3, -0.25) is 9.78 Å². The second kappa shape index (κ2) is 7.33. The second-order valence-electron chi connectivity index (χ2n) is 4.47. The summed E-state index contributed by atoms with van der Waals surface area (Å²) in [6.45, 7) is 5.38. The molecular formula is C15H19N5O. The molecule has 0 spiro atoms. The van der Waals surface area contributed by atoms with Gasteiger partial charge < -0.3 is 10.2 Å². The number of hydrogen-bond acceptors (Lipinski definition) is 5. The molecule has 21 heavy (non-hydrogen) atoms. The van der Waals surface area contributed by atoms with Crippen molar-refractivity contribution in [3.05, 3.63) is 42.6 Å². The average Bonchev–Trinajstić information content (AvgIpc) is 2.55. The van der Waals surface area contributed by atoms with Crippen LogP contribution in [0.2, 0.25) is 0 Å². The summed E-state index contributed by atoms with van der Waals surface area (Å²) in [5, 5.41) is 3.13. The molecule has 0 aliphatic rings. The maximum Gasteiger partial charge on any atom is 0.278 e. The molecule has 2 rings (SSSR count). The molecule has 0 aliphatic heterocycles. The number of rotatable bonds is 6. The molecule has 0 unspecified atom stereocenters. The number of aromatic nitrogens is 3. The molecule has 6 heteroatoms. The first-order chi connectivity index (χ1) is 10.3. The van der Waals surface area contributed by atoms with Gasteiger partial charge in [0.25, 0.3) is 5.91 Å². The molecule has 0 saturated heterocycles. The van der Waals surface area contributed by atoms with E-state index in [0.717, 1.165) is 18.7 Å². The topological polar surface area (TPSA) is 71.0 Å². The van der Waals surface area contributed by atoms with Gasteiger partial charge in [0.05, 0.1) is 12.4 Å². The Bertz CT molecular complexity index is 570. The molecule has 2 aromatic rings. The molecule has 6 nitrogen and oxygen atoms in total. The Morgan fingerprint density at radius 2 is 1.95 bits per heavy atom. The number of amides is 1. The summed E-state index contributed by atoms with van der Waals surface area (Å²) >= 11 is 0. The summed E-state index contributed by atoms with van der Waals surface area (Å²) < 4.78 is 0. The third-order valence-electron chi connectivity index (χ3n) is 2.96. The highest BCUT2D eigenvalue weighted by atomic mass is 16.2. The molecule has 0 aromatic carbocycles. The van der Waals surface area contributed by atoms with E-state index in [1.165, 1.54) is 6.20 Å². The van der Waals surface area contributed by atoms with E-state index in [1.807, 2.05) is 6.92 Å². The van der Waals surface area contributed by atoms with Gasteiger partial charge in [0.2, 0.25) is 0 Å². The van der Waals surface area contributed by atoms with E-state index in [9.17, 15) is 4.79 Å². The number of nitrogens with one attached hydrogen (secondary N) is 1. The molecule has 0 fully saturated rings. The first-order valence-corrected chi connectivity index (χ1v) is 7.04. The summed E-state index contributed by atoms with van der Waals surface area (Å²) in [4.78, 5) is 26.5. The van der Waals surface area contributed by atoms with Crippen molar-refractivity contribution in [3.8, 4) is 0 Å². The van der Waals surface area contributed by atoms with E-state index in [-0.39, 0.29) is 5.91 Å². The molecule has 2 heterocycles. The van der Waals surface area contributed by atoms with Crippen molar-refractivity contribution in [1.29, 1.82) is 0 Å². The fourth-order valence-corrected chi connectivity index (χ4v) is 1.89. The third kappa shape index (κ3) is 3.75. The van der Waals surface area contributed by atoms with Crippen molar-refractivity contribution >= 4 is 17.4 Å². The van der Waals surface area contributed by atoms with Crippen LogP contribution in [0.15, 0.2) is 36.9 Å². The summed E-state index contributed by atoms with van der Waals surface area (Å²) in [7, 11) is 0. The van der Waals surface area contributed by atoms with E-state index in [1.54, 1.807) is 35.6 Å². The predicted molar refractivity (Wildman–Crippen MR) is 82.4 cm³/mol. The second-order valence-corrected chi connectivity index (χ2v) is 4.47. The Kier molecular flexibility index (Phi) is 5.20. The fraction of sp³-hybridized carbons (Fsp3) is 0.333. The van der Waals surface area contributed by atoms with Gasteiger partial charge in [-0.25, -0.2) is 9.97 Å². The number of pyridine rings is 1. The summed E-state index contributed by atoms with van der Waals surface area (Å²) in [5.41, 5.74) is 1.13. The highest BCUT2D eigenvalue weighted by Gasteiger charge is 2.17. The van der Waals surface area contributed by atoms with Gasteiger partial charge in [0, 0.05) is 31.2 Å². The monoisotopic (exact) mass is 285 g/mol. The largest absolute Gasteiger partial charge is 0.369 e. The smallest absolute Gasteiger partial charge is 0.278 e. The lowest BCUT2D eigenvalue weighted by Crippen LogP contribution is -2.31. The lowest BCUT2D eigenvalue weighted by molar-refractivity contribution is 0.0983. The third-order valence-corrected chi connectivity index (χ3v) is 2.96. The van der Waals surface area contributed by atoms with E-state index in [2.05, 4.69) is 27.2 Å². The van der Waals surface area contributed by atoms with Crippen LogP contribution in [0, 0.1) is 0 Å². The normalized spacial score (nSPS) is 10.2. The first-order valence-electron chi connectivity index (χ1n) is 7.04. The van der Waals surface area contributed by atoms with Gasteiger partial charge in [0.1, 0.15) is 11.5 Å². The van der Waals surface area contributed by atoms with Crippen LogP contribution in [0.4, 0.5) is 11.5 Å². The van der Waals surface area contributed by atoms with Crippen molar-refractivity contribution in [2.45, 2.75) is 20.3 Å². The average molecular weight is 285 g/mol. The van der Waals surface area contributed by atoms with Crippen LogP contribution >= 0.6 is 0 Å². The molecular weight excluding hydrogens is 266 g/mol. The van der Waals surface area contributed by atoms with Gasteiger partial charge in [-0.1, -0.05) is 6.92 Å². The molecule has 0 atom stereocenters. The lowest BCUT2D eigenvalue weighted by atomic mass is 10.3. The summed E-state index contributed by atoms with van der Waals surface area (Å²) in [6, 6.07) is 3.60. The fourth-order valence-electron chi connectivity index (χ4n) is 1.89. The minimum atomic E-state index is -0.168. The maximum absolute atomic E-state index is 12.5. The van der Waals surface area contributed by atoms with E-state index >= 15 is 0 Å². The zero-order valence-corrected chi connectivity index (χ0v) is 12.3. The molecule has 1 amide bonds. The molecule has 0 radical (unpaired) electrons. The van der Waals surface area contributed by atoms with Crippen LogP contribution in [-0.2, 0) is 0 Å². The van der Waals surface area contributed by atoms with E-state index < -0.39 is 0 Å². The Morgan fingerprint density at radius 1 is 1.19 bits per heavy atom. The van der Waals surface area contributed by atoms with Crippen molar-refractivity contribution in [1.82, 2.24) is 15.0 Å². The van der Waals surface area contributed by atoms with Crippen molar-refractivity contribution in [3.63, 3.8) is 0 Å². The van der Waals surface area contributed by atoms with Crippen LogP contribution in [0.1, 0.15) is 30.8 Å². The predicted octanol–water partition coefficient (Wildman–Crippen LogP) is 2.36. The van der Waals surface area contributed by atoms with Gasteiger partial charge in [-0.15, -0.1) is 0 Å². The van der Waals surface area contributed by atoms with Crippen LogP contribution in [0.3, 0.4) is 0 Å². The molecule has 2 aromatic heterocycles. The maximum atomic E-state index is 12.5. The van der Waals surface area contributed by atoms with E-state index in [0.29, 0.717) is 18.1 Å². The number of carbonyl (C=O) groups is 1. The van der Waals surface area contributed by atoms with Crippen LogP contribution in [0.25, 0.3) is 0 Å². The SMILES string of the molecule is CCCNc1cnc(C(=O)N(CC)c2ccncc2)cn1. The van der Waals surface area contributed by atoms with Crippen molar-refractivity contribution in [2.24, 2.45) is 0 Å². The number of nitrogens with zero attached hydrogens (tertiary/aromatic N) is 4. The number of carbonyl (C=O) groups excluding carboxylic acids is 1. The van der Waals surface area contributed by atoms with Crippen LogP contribution in [-0.4, -0.2) is 33.9 Å². The highest BCUT2D eigenvalue weighted by Crippen LogP contribution is 2.15. The van der Waals surface area contributed by atoms with Gasteiger partial charge >= 0.3 is 0 Å². The quantitative estimate of drug-likeness (QED) is 0.882. The zero-order chi connectivity index (χ0) is 15.1. The Morgan fingerprint density at radius 3 is 2.52 bits per heavy atom. The lowest BCUT2D eigenvalue weighted by Gasteiger charge is -2.20. The number of hydrogen-bond donors (Lipinski definition) is 1. The van der Waals surface area contributed by atoms with Crippen LogP contribution < -0.4 is 10.2 Å². The van der Waals surface area contributed by atoms with Gasteiger partial charge in [0.15, 0.2) is 0 Å². The molecule has 0 bridgehead atoms. The van der Waals surface area contributed by atoms with E-state index in [4.69, 9.17) is 0 Å².